The maximum absolute atomic E-state index is 10.9. The fourth-order valence-corrected chi connectivity index (χ4v) is 1.62. The van der Waals surface area contributed by atoms with E-state index in [-0.39, 0.29) is 5.91 Å². The van der Waals surface area contributed by atoms with E-state index in [0.717, 1.165) is 19.5 Å². The van der Waals surface area contributed by atoms with Crippen molar-refractivity contribution in [2.75, 3.05) is 19.6 Å². The summed E-state index contributed by atoms with van der Waals surface area (Å²) in [5.74, 6) is -0.374. The van der Waals surface area contributed by atoms with Crippen LogP contribution in [0.25, 0.3) is 0 Å². The molecule has 0 aromatic rings. The van der Waals surface area contributed by atoms with E-state index in [1.54, 1.807) is 0 Å². The Hall–Kier alpha value is -0.610. The molecule has 1 rings (SSSR count). The fraction of sp³-hybridized carbons (Fsp3) is 0.875. The van der Waals surface area contributed by atoms with Gasteiger partial charge in [-0.3, -0.25) is 4.79 Å². The Labute approximate surface area is 72.9 Å². The fourth-order valence-electron chi connectivity index (χ4n) is 1.62. The predicted octanol–water partition coefficient (Wildman–Crippen LogP) is -0.715. The van der Waals surface area contributed by atoms with Gasteiger partial charge in [-0.1, -0.05) is 6.92 Å². The number of rotatable bonds is 3. The Balaban J connectivity index is 2.49. The highest BCUT2D eigenvalue weighted by Crippen LogP contribution is 2.17. The molecule has 1 fully saturated rings. The van der Waals surface area contributed by atoms with E-state index >= 15 is 0 Å². The lowest BCUT2D eigenvalue weighted by Gasteiger charge is -2.20. The van der Waals surface area contributed by atoms with E-state index in [1.807, 2.05) is 0 Å². The largest absolute Gasteiger partial charge is 0.368 e. The molecule has 1 saturated heterocycles. The summed E-state index contributed by atoms with van der Waals surface area (Å²) in [5.41, 5.74) is 10.2. The molecule has 4 heteroatoms. The lowest BCUT2D eigenvalue weighted by molar-refractivity contribution is -0.122. The Bertz CT molecular complexity index is 183. The second kappa shape index (κ2) is 3.41. The molecule has 1 atom stereocenters. The Morgan fingerprint density at radius 2 is 2.33 bits per heavy atom. The molecular formula is C8H17N3O. The minimum absolute atomic E-state index is 0.374. The summed E-state index contributed by atoms with van der Waals surface area (Å²) in [7, 11) is 0. The van der Waals surface area contributed by atoms with Crippen LogP contribution in [-0.2, 0) is 4.79 Å². The molecule has 0 spiro atoms. The van der Waals surface area contributed by atoms with Crippen LogP contribution in [0.4, 0.5) is 0 Å². The molecule has 1 unspecified atom stereocenters. The van der Waals surface area contributed by atoms with E-state index < -0.39 is 5.54 Å². The number of carbonyl (C=O) groups is 1. The zero-order valence-electron chi connectivity index (χ0n) is 7.55. The normalized spacial score (nSPS) is 30.8. The molecule has 70 valence electrons. The molecule has 0 radical (unpaired) electrons. The number of amides is 1. The van der Waals surface area contributed by atoms with E-state index in [9.17, 15) is 4.79 Å². The van der Waals surface area contributed by atoms with Crippen molar-refractivity contribution in [2.24, 2.45) is 11.5 Å². The van der Waals surface area contributed by atoms with Crippen LogP contribution in [0.2, 0.25) is 0 Å². The van der Waals surface area contributed by atoms with Gasteiger partial charge >= 0.3 is 0 Å². The molecule has 0 saturated carbocycles. The minimum Gasteiger partial charge on any atom is -0.368 e. The number of carbonyl (C=O) groups excluding carboxylic acids is 1. The quantitative estimate of drug-likeness (QED) is 0.589. The highest BCUT2D eigenvalue weighted by Gasteiger charge is 2.38. The van der Waals surface area contributed by atoms with Crippen molar-refractivity contribution in [3.8, 4) is 0 Å². The highest BCUT2D eigenvalue weighted by atomic mass is 16.1. The maximum Gasteiger partial charge on any atom is 0.238 e. The van der Waals surface area contributed by atoms with Crippen molar-refractivity contribution in [2.45, 2.75) is 25.3 Å². The van der Waals surface area contributed by atoms with Crippen LogP contribution in [0.1, 0.15) is 19.8 Å². The van der Waals surface area contributed by atoms with Gasteiger partial charge in [-0.15, -0.1) is 0 Å². The van der Waals surface area contributed by atoms with Crippen molar-refractivity contribution in [1.29, 1.82) is 0 Å². The van der Waals surface area contributed by atoms with Gasteiger partial charge in [0.2, 0.25) is 5.91 Å². The van der Waals surface area contributed by atoms with Crippen LogP contribution < -0.4 is 11.5 Å². The second-order valence-corrected chi connectivity index (χ2v) is 3.55. The number of nitrogens with zero attached hydrogens (tertiary/aromatic N) is 1. The standard InChI is InChI=1S/C8H17N3O/c1-2-4-11-5-3-8(10,6-11)7(9)12/h2-6,10H2,1H3,(H2,9,12). The molecule has 4 nitrogen and oxygen atoms in total. The van der Waals surface area contributed by atoms with Crippen LogP contribution >= 0.6 is 0 Å². The lowest BCUT2D eigenvalue weighted by atomic mass is 10.00. The first-order chi connectivity index (χ1) is 5.58. The van der Waals surface area contributed by atoms with E-state index in [2.05, 4.69) is 11.8 Å². The lowest BCUT2D eigenvalue weighted by Crippen LogP contribution is -2.53. The molecule has 0 aliphatic carbocycles. The van der Waals surface area contributed by atoms with E-state index in [0.29, 0.717) is 13.0 Å². The van der Waals surface area contributed by atoms with Gasteiger partial charge in [0.25, 0.3) is 0 Å². The third-order valence-corrected chi connectivity index (χ3v) is 2.41. The maximum atomic E-state index is 10.9. The Morgan fingerprint density at radius 3 is 2.75 bits per heavy atom. The summed E-state index contributed by atoms with van der Waals surface area (Å²) in [5, 5.41) is 0. The van der Waals surface area contributed by atoms with Gasteiger partial charge in [0.05, 0.1) is 0 Å². The summed E-state index contributed by atoms with van der Waals surface area (Å²) >= 11 is 0. The van der Waals surface area contributed by atoms with Crippen LogP contribution in [0.5, 0.6) is 0 Å². The smallest absolute Gasteiger partial charge is 0.238 e. The third kappa shape index (κ3) is 1.76. The van der Waals surface area contributed by atoms with Gasteiger partial charge in [0, 0.05) is 13.1 Å². The summed E-state index contributed by atoms with van der Waals surface area (Å²) in [4.78, 5) is 13.1. The average molecular weight is 171 g/mol. The van der Waals surface area contributed by atoms with Gasteiger partial charge in [0.15, 0.2) is 0 Å². The molecule has 1 amide bonds. The number of likely N-dealkylation sites (tertiary alicyclic amines) is 1. The number of hydrogen-bond acceptors (Lipinski definition) is 3. The van der Waals surface area contributed by atoms with Gasteiger partial charge < -0.3 is 16.4 Å². The topological polar surface area (TPSA) is 72.3 Å². The predicted molar refractivity (Wildman–Crippen MR) is 47.5 cm³/mol. The molecule has 1 aliphatic heterocycles. The summed E-state index contributed by atoms with van der Waals surface area (Å²) in [6.07, 6.45) is 1.79. The number of primary amides is 1. The van der Waals surface area contributed by atoms with E-state index in [1.165, 1.54) is 0 Å². The van der Waals surface area contributed by atoms with Crippen molar-refractivity contribution in [3.05, 3.63) is 0 Å². The molecule has 12 heavy (non-hydrogen) atoms. The molecule has 0 aromatic heterocycles. The average Bonchev–Trinajstić information content (AvgIpc) is 2.34. The number of hydrogen-bond donors (Lipinski definition) is 2. The second-order valence-electron chi connectivity index (χ2n) is 3.55. The zero-order valence-corrected chi connectivity index (χ0v) is 7.55. The first-order valence-corrected chi connectivity index (χ1v) is 4.39. The third-order valence-electron chi connectivity index (χ3n) is 2.41. The van der Waals surface area contributed by atoms with Crippen LogP contribution in [0.3, 0.4) is 0 Å². The minimum atomic E-state index is -0.769. The molecular weight excluding hydrogens is 154 g/mol. The molecule has 4 N–H and O–H groups in total. The SMILES string of the molecule is CCCN1CCC(N)(C(N)=O)C1. The van der Waals surface area contributed by atoms with Gasteiger partial charge in [0.1, 0.15) is 5.54 Å². The first-order valence-electron chi connectivity index (χ1n) is 4.39. The van der Waals surface area contributed by atoms with Crippen molar-refractivity contribution < 1.29 is 4.79 Å². The zero-order chi connectivity index (χ0) is 9.19. The summed E-state index contributed by atoms with van der Waals surface area (Å²) < 4.78 is 0. The van der Waals surface area contributed by atoms with Gasteiger partial charge in [-0.25, -0.2) is 0 Å². The van der Waals surface area contributed by atoms with Crippen LogP contribution in [-0.4, -0.2) is 36.0 Å². The van der Waals surface area contributed by atoms with Crippen LogP contribution in [0.15, 0.2) is 0 Å². The highest BCUT2D eigenvalue weighted by molar-refractivity contribution is 5.85. The Kier molecular flexibility index (Phi) is 2.69. The molecule has 1 heterocycles. The first kappa shape index (κ1) is 9.48. The summed E-state index contributed by atoms with van der Waals surface area (Å²) in [6.45, 7) is 4.64. The van der Waals surface area contributed by atoms with Gasteiger partial charge in [-0.2, -0.15) is 0 Å². The van der Waals surface area contributed by atoms with E-state index in [4.69, 9.17) is 11.5 Å². The Morgan fingerprint density at radius 1 is 1.67 bits per heavy atom. The molecule has 0 bridgehead atoms. The monoisotopic (exact) mass is 171 g/mol. The number of nitrogens with two attached hydrogens (primary N) is 2. The molecule has 1 aliphatic rings. The van der Waals surface area contributed by atoms with Crippen molar-refractivity contribution >= 4 is 5.91 Å². The summed E-state index contributed by atoms with van der Waals surface area (Å²) in [6, 6.07) is 0. The van der Waals surface area contributed by atoms with Gasteiger partial charge in [-0.05, 0) is 19.4 Å². The van der Waals surface area contributed by atoms with Crippen molar-refractivity contribution in [3.63, 3.8) is 0 Å². The van der Waals surface area contributed by atoms with Crippen LogP contribution in [0, 0.1) is 0 Å². The van der Waals surface area contributed by atoms with Crippen molar-refractivity contribution in [1.82, 2.24) is 4.90 Å². The molecule has 0 aromatic carbocycles.